The Hall–Kier alpha value is -3.94. The van der Waals surface area contributed by atoms with E-state index in [2.05, 4.69) is 15.3 Å². The van der Waals surface area contributed by atoms with Crippen molar-refractivity contribution in [3.63, 3.8) is 0 Å². The molecule has 158 valence electrons. The molecule has 0 saturated heterocycles. The number of esters is 1. The van der Waals surface area contributed by atoms with Crippen LogP contribution >= 0.6 is 0 Å². The zero-order chi connectivity index (χ0) is 22.0. The van der Waals surface area contributed by atoms with Gasteiger partial charge in [0.1, 0.15) is 12.4 Å². The quantitative estimate of drug-likeness (QED) is 0.477. The van der Waals surface area contributed by atoms with Gasteiger partial charge in [-0.1, -0.05) is 19.9 Å². The van der Waals surface area contributed by atoms with E-state index < -0.39 is 5.97 Å². The summed E-state index contributed by atoms with van der Waals surface area (Å²) in [4.78, 5) is 34.2. The van der Waals surface area contributed by atoms with Gasteiger partial charge in [0.2, 0.25) is 0 Å². The van der Waals surface area contributed by atoms with Crippen molar-refractivity contribution < 1.29 is 14.3 Å². The first-order chi connectivity index (χ1) is 15.0. The largest absolute Gasteiger partial charge is 0.493 e. The van der Waals surface area contributed by atoms with E-state index in [9.17, 15) is 9.59 Å². The molecule has 8 heteroatoms. The number of rotatable bonds is 6. The second-order valence-corrected chi connectivity index (χ2v) is 7.31. The maximum Gasteiger partial charge on any atom is 0.308 e. The fraction of sp³-hybridized carbons (Fsp3) is 0.217. The van der Waals surface area contributed by atoms with E-state index in [1.165, 1.54) is 11.5 Å². The maximum absolute atomic E-state index is 13.2. The van der Waals surface area contributed by atoms with Gasteiger partial charge in [-0.3, -0.25) is 19.0 Å². The van der Waals surface area contributed by atoms with Gasteiger partial charge in [0, 0.05) is 23.5 Å². The topological polar surface area (TPSA) is 94.8 Å². The van der Waals surface area contributed by atoms with Crippen LogP contribution in [0, 0.1) is 5.92 Å². The van der Waals surface area contributed by atoms with Crippen molar-refractivity contribution in [3.05, 3.63) is 70.8 Å². The molecule has 0 aliphatic heterocycles. The van der Waals surface area contributed by atoms with Crippen molar-refractivity contribution in [2.75, 3.05) is 12.4 Å². The zero-order valence-corrected chi connectivity index (χ0v) is 17.5. The summed E-state index contributed by atoms with van der Waals surface area (Å²) in [6, 6.07) is 12.9. The lowest BCUT2D eigenvalue weighted by atomic mass is 10.2. The highest BCUT2D eigenvalue weighted by molar-refractivity contribution is 5.83. The van der Waals surface area contributed by atoms with Crippen molar-refractivity contribution in [1.29, 1.82) is 0 Å². The van der Waals surface area contributed by atoms with Gasteiger partial charge in [-0.15, -0.1) is 0 Å². The van der Waals surface area contributed by atoms with Crippen molar-refractivity contribution in [1.82, 2.24) is 14.4 Å². The number of anilines is 2. The summed E-state index contributed by atoms with van der Waals surface area (Å²) in [5.41, 5.74) is 1.84. The Balaban J connectivity index is 1.82. The third-order valence-electron chi connectivity index (χ3n) is 4.83. The van der Waals surface area contributed by atoms with E-state index in [0.717, 1.165) is 16.6 Å². The molecular weight excluding hydrogens is 396 g/mol. The highest BCUT2D eigenvalue weighted by Crippen LogP contribution is 2.24. The summed E-state index contributed by atoms with van der Waals surface area (Å²) in [6.07, 6.45) is 3.33. The summed E-state index contributed by atoms with van der Waals surface area (Å²) in [5, 5.41) is 4.14. The molecule has 0 bridgehead atoms. The first-order valence-corrected chi connectivity index (χ1v) is 9.84. The lowest BCUT2D eigenvalue weighted by Crippen LogP contribution is -2.24. The van der Waals surface area contributed by atoms with Crippen LogP contribution in [0.2, 0.25) is 0 Å². The predicted molar refractivity (Wildman–Crippen MR) is 118 cm³/mol. The fourth-order valence-electron chi connectivity index (χ4n) is 3.17. The highest BCUT2D eigenvalue weighted by atomic mass is 16.5. The van der Waals surface area contributed by atoms with Gasteiger partial charge in [-0.05, 0) is 36.4 Å². The van der Waals surface area contributed by atoms with Crippen LogP contribution in [-0.2, 0) is 16.1 Å². The Morgan fingerprint density at radius 1 is 1.19 bits per heavy atom. The Kier molecular flexibility index (Phi) is 5.53. The Morgan fingerprint density at radius 2 is 2.03 bits per heavy atom. The number of ether oxygens (including phenoxy) is 2. The number of hydrogen-bond donors (Lipinski definition) is 1. The minimum Gasteiger partial charge on any atom is -0.493 e. The molecule has 3 heterocycles. The van der Waals surface area contributed by atoms with Crippen LogP contribution in [0.1, 0.15) is 19.4 Å². The molecule has 0 aliphatic rings. The van der Waals surface area contributed by atoms with Crippen LogP contribution < -0.4 is 15.6 Å². The Bertz CT molecular complexity index is 1330. The van der Waals surface area contributed by atoms with Crippen molar-refractivity contribution in [2.45, 2.75) is 20.5 Å². The van der Waals surface area contributed by atoms with Crippen molar-refractivity contribution in [3.8, 4) is 5.75 Å². The molecule has 0 radical (unpaired) electrons. The van der Waals surface area contributed by atoms with Gasteiger partial charge in [-0.25, -0.2) is 4.98 Å². The molecule has 8 nitrogen and oxygen atoms in total. The molecule has 3 aromatic heterocycles. The minimum absolute atomic E-state index is 0.194. The second-order valence-electron chi connectivity index (χ2n) is 7.31. The molecule has 0 aliphatic carbocycles. The summed E-state index contributed by atoms with van der Waals surface area (Å²) in [6.45, 7) is 3.28. The maximum atomic E-state index is 13.2. The van der Waals surface area contributed by atoms with Crippen molar-refractivity contribution in [2.24, 2.45) is 5.92 Å². The average molecular weight is 418 g/mol. The van der Waals surface area contributed by atoms with E-state index in [0.29, 0.717) is 17.2 Å². The summed E-state index contributed by atoms with van der Waals surface area (Å²) in [7, 11) is 1.52. The number of methoxy groups -OCH3 is 1. The standard InChI is InChI=1S/C23H22N4O4/c1-14(2)23(29)31-13-17-20(25-16-8-9-18-15(12-16)6-4-10-24-18)26-21-19(30-3)7-5-11-27(21)22(17)28/h4-12,14,25H,13H2,1-3H3. The second kappa shape index (κ2) is 8.43. The fourth-order valence-corrected chi connectivity index (χ4v) is 3.17. The van der Waals surface area contributed by atoms with Crippen LogP contribution in [0.15, 0.2) is 59.7 Å². The lowest BCUT2D eigenvalue weighted by Gasteiger charge is -2.15. The number of nitrogens with one attached hydrogen (secondary N) is 1. The van der Waals surface area contributed by atoms with Crippen LogP contribution in [0.5, 0.6) is 5.75 Å². The zero-order valence-electron chi connectivity index (χ0n) is 17.5. The first kappa shape index (κ1) is 20.3. The number of benzene rings is 1. The summed E-state index contributed by atoms with van der Waals surface area (Å²) in [5.74, 6) is 0.0592. The van der Waals surface area contributed by atoms with Gasteiger partial charge in [-0.2, -0.15) is 0 Å². The summed E-state index contributed by atoms with van der Waals surface area (Å²) < 4.78 is 12.1. The molecule has 31 heavy (non-hydrogen) atoms. The smallest absolute Gasteiger partial charge is 0.308 e. The highest BCUT2D eigenvalue weighted by Gasteiger charge is 2.18. The number of pyridine rings is 2. The first-order valence-electron chi connectivity index (χ1n) is 9.84. The Morgan fingerprint density at radius 3 is 2.81 bits per heavy atom. The third kappa shape index (κ3) is 4.05. The number of carbonyl (C=O) groups excluding carboxylic acids is 1. The number of hydrogen-bond acceptors (Lipinski definition) is 7. The molecule has 0 saturated carbocycles. The van der Waals surface area contributed by atoms with Crippen molar-refractivity contribution >= 4 is 34.0 Å². The molecule has 4 aromatic rings. The number of nitrogens with zero attached hydrogens (tertiary/aromatic N) is 3. The van der Waals surface area contributed by atoms with Gasteiger partial charge in [0.15, 0.2) is 11.4 Å². The van der Waals surface area contributed by atoms with Gasteiger partial charge < -0.3 is 14.8 Å². The van der Waals surface area contributed by atoms with Crippen LogP contribution in [0.25, 0.3) is 16.6 Å². The monoisotopic (exact) mass is 418 g/mol. The lowest BCUT2D eigenvalue weighted by molar-refractivity contribution is -0.148. The van der Waals surface area contributed by atoms with Crippen LogP contribution in [-0.4, -0.2) is 27.4 Å². The molecular formula is C23H22N4O4. The molecule has 0 amide bonds. The predicted octanol–water partition coefficient (Wildman–Crippen LogP) is 3.69. The molecule has 1 aromatic carbocycles. The normalized spacial score (nSPS) is 11.1. The number of aromatic nitrogens is 3. The van der Waals surface area contributed by atoms with Gasteiger partial charge >= 0.3 is 5.97 Å². The van der Waals surface area contributed by atoms with E-state index in [1.54, 1.807) is 38.4 Å². The van der Waals surface area contributed by atoms with Gasteiger partial charge in [0.25, 0.3) is 5.56 Å². The molecule has 1 N–H and O–H groups in total. The number of fused-ring (bicyclic) bond motifs is 2. The van der Waals surface area contributed by atoms with Crippen LogP contribution in [0.3, 0.4) is 0 Å². The Labute approximate surface area is 178 Å². The van der Waals surface area contributed by atoms with Crippen LogP contribution in [0.4, 0.5) is 11.5 Å². The van der Waals surface area contributed by atoms with E-state index >= 15 is 0 Å². The molecule has 0 atom stereocenters. The van der Waals surface area contributed by atoms with E-state index in [-0.39, 0.29) is 23.6 Å². The van der Waals surface area contributed by atoms with Gasteiger partial charge in [0.05, 0.1) is 24.1 Å². The molecule has 4 rings (SSSR count). The molecule has 0 unspecified atom stereocenters. The molecule has 0 fully saturated rings. The number of carbonyl (C=O) groups is 1. The average Bonchev–Trinajstić information content (AvgIpc) is 2.78. The minimum atomic E-state index is -0.391. The third-order valence-corrected chi connectivity index (χ3v) is 4.83. The summed E-state index contributed by atoms with van der Waals surface area (Å²) >= 11 is 0. The van der Waals surface area contributed by atoms with E-state index in [1.807, 2.05) is 30.3 Å². The molecule has 0 spiro atoms. The SMILES string of the molecule is COc1cccn2c(=O)c(COC(=O)C(C)C)c(Nc3ccc4ncccc4c3)nc12. The van der Waals surface area contributed by atoms with E-state index in [4.69, 9.17) is 9.47 Å².